The highest BCUT2D eigenvalue weighted by molar-refractivity contribution is 7.07. The highest BCUT2D eigenvalue weighted by Crippen LogP contribution is 2.20. The summed E-state index contributed by atoms with van der Waals surface area (Å²) in [6.45, 7) is 4.64. The maximum atomic E-state index is 12.1. The first-order chi connectivity index (χ1) is 9.86. The zero-order chi connectivity index (χ0) is 15.9. The van der Waals surface area contributed by atoms with E-state index in [1.165, 1.54) is 32.1 Å². The van der Waals surface area contributed by atoms with E-state index in [4.69, 9.17) is 14.6 Å². The molecule has 0 aliphatic rings. The summed E-state index contributed by atoms with van der Waals surface area (Å²) in [6.07, 6.45) is -0.347. The zero-order valence-corrected chi connectivity index (χ0v) is 13.2. The molecular weight excluding hydrogens is 294 g/mol. The highest BCUT2D eigenvalue weighted by Gasteiger charge is 2.31. The van der Waals surface area contributed by atoms with Gasteiger partial charge < -0.3 is 19.9 Å². The number of amides is 1. The molecule has 0 aliphatic heterocycles. The molecule has 1 aromatic heterocycles. The summed E-state index contributed by atoms with van der Waals surface area (Å²) in [7, 11) is 0. The van der Waals surface area contributed by atoms with Crippen LogP contribution in [0.1, 0.15) is 32.4 Å². The van der Waals surface area contributed by atoms with Crippen LogP contribution in [-0.4, -0.2) is 42.3 Å². The number of ether oxygens (including phenoxy) is 2. The van der Waals surface area contributed by atoms with Gasteiger partial charge in [-0.2, -0.15) is 11.3 Å². The van der Waals surface area contributed by atoms with E-state index in [0.29, 0.717) is 0 Å². The molecule has 0 radical (unpaired) electrons. The third-order valence-corrected chi connectivity index (χ3v) is 3.42. The number of thiophene rings is 1. The Labute approximate surface area is 128 Å². The lowest BCUT2D eigenvalue weighted by atomic mass is 10.1. The van der Waals surface area contributed by atoms with Gasteiger partial charge in [-0.05, 0) is 36.2 Å². The van der Waals surface area contributed by atoms with Crippen molar-refractivity contribution in [1.82, 2.24) is 5.32 Å². The van der Waals surface area contributed by atoms with Gasteiger partial charge >= 0.3 is 5.97 Å². The molecule has 7 heteroatoms. The van der Waals surface area contributed by atoms with E-state index in [-0.39, 0.29) is 25.9 Å². The van der Waals surface area contributed by atoms with Gasteiger partial charge in [0.1, 0.15) is 6.10 Å². The maximum absolute atomic E-state index is 12.1. The third-order valence-electron chi connectivity index (χ3n) is 2.72. The van der Waals surface area contributed by atoms with Crippen LogP contribution in [0, 0.1) is 0 Å². The van der Waals surface area contributed by atoms with Crippen molar-refractivity contribution in [3.05, 3.63) is 22.4 Å². The van der Waals surface area contributed by atoms with Crippen molar-refractivity contribution in [3.63, 3.8) is 0 Å². The van der Waals surface area contributed by atoms with Crippen LogP contribution in [0.2, 0.25) is 0 Å². The largest absolute Gasteiger partial charge is 0.450 e. The van der Waals surface area contributed by atoms with Crippen LogP contribution >= 0.6 is 11.3 Å². The molecule has 0 spiro atoms. The molecule has 0 aliphatic carbocycles. The molecule has 118 valence electrons. The first-order valence-electron chi connectivity index (χ1n) is 6.59. The van der Waals surface area contributed by atoms with Crippen LogP contribution in [0.25, 0.3) is 0 Å². The van der Waals surface area contributed by atoms with Crippen molar-refractivity contribution in [3.8, 4) is 0 Å². The maximum Gasteiger partial charge on any atom is 0.303 e. The lowest BCUT2D eigenvalue weighted by Gasteiger charge is -2.25. The molecule has 2 N–H and O–H groups in total. The second-order valence-corrected chi connectivity index (χ2v) is 5.73. The second-order valence-electron chi connectivity index (χ2n) is 4.95. The number of esters is 1. The Kier molecular flexibility index (Phi) is 6.80. The van der Waals surface area contributed by atoms with Crippen molar-refractivity contribution in [2.75, 3.05) is 19.8 Å². The van der Waals surface area contributed by atoms with Gasteiger partial charge in [0.05, 0.1) is 13.2 Å². The van der Waals surface area contributed by atoms with Crippen LogP contribution in [0.5, 0.6) is 0 Å². The van der Waals surface area contributed by atoms with Gasteiger partial charge in [0, 0.05) is 13.5 Å². The van der Waals surface area contributed by atoms with Crippen molar-refractivity contribution < 1.29 is 24.2 Å². The summed E-state index contributed by atoms with van der Waals surface area (Å²) in [6, 6.07) is 1.90. The van der Waals surface area contributed by atoms with Gasteiger partial charge in [-0.25, -0.2) is 0 Å². The number of hydrogen-bond acceptors (Lipinski definition) is 6. The van der Waals surface area contributed by atoms with Gasteiger partial charge in [-0.1, -0.05) is 0 Å². The molecule has 0 saturated carbocycles. The minimum atomic E-state index is -1.23. The average molecular weight is 315 g/mol. The fraction of sp³-hybridized carbons (Fsp3) is 0.571. The number of nitrogens with one attached hydrogen (secondary N) is 1. The molecule has 0 saturated heterocycles. The van der Waals surface area contributed by atoms with E-state index in [1.54, 1.807) is 0 Å². The third kappa shape index (κ3) is 5.82. The molecule has 1 aromatic rings. The average Bonchev–Trinajstić information content (AvgIpc) is 2.90. The summed E-state index contributed by atoms with van der Waals surface area (Å²) >= 11 is 1.53. The number of aliphatic hydroxyl groups excluding tert-OH is 1. The van der Waals surface area contributed by atoms with Crippen LogP contribution in [0.4, 0.5) is 0 Å². The predicted molar refractivity (Wildman–Crippen MR) is 79.0 cm³/mol. The van der Waals surface area contributed by atoms with E-state index in [1.807, 2.05) is 16.8 Å². The molecule has 1 heterocycles. The SMILES string of the molecule is CC(=O)OC(C)(C)C(=O)NCC(OCCO)c1ccsc1. The molecular formula is C14H21NO5S. The van der Waals surface area contributed by atoms with E-state index in [9.17, 15) is 9.59 Å². The first-order valence-corrected chi connectivity index (χ1v) is 7.53. The number of rotatable bonds is 8. The molecule has 1 rings (SSSR count). The number of carbonyl (C=O) groups excluding carboxylic acids is 2. The zero-order valence-electron chi connectivity index (χ0n) is 12.4. The number of hydrogen-bond donors (Lipinski definition) is 2. The topological polar surface area (TPSA) is 84.9 Å². The predicted octanol–water partition coefficient (Wildman–Crippen LogP) is 1.26. The second kappa shape index (κ2) is 8.11. The Morgan fingerprint density at radius 1 is 1.48 bits per heavy atom. The van der Waals surface area contributed by atoms with E-state index in [2.05, 4.69) is 5.32 Å². The molecule has 1 unspecified atom stereocenters. The van der Waals surface area contributed by atoms with E-state index in [0.717, 1.165) is 5.56 Å². The highest BCUT2D eigenvalue weighted by atomic mass is 32.1. The standard InChI is InChI=1S/C14H21NO5S/c1-10(17)20-14(2,3)13(18)15-8-12(19-6-5-16)11-4-7-21-9-11/h4,7,9,12,16H,5-6,8H2,1-3H3,(H,15,18). The van der Waals surface area contributed by atoms with Crippen LogP contribution in [0.3, 0.4) is 0 Å². The van der Waals surface area contributed by atoms with Gasteiger partial charge in [0.15, 0.2) is 5.60 Å². The molecule has 0 fully saturated rings. The monoisotopic (exact) mass is 315 g/mol. The van der Waals surface area contributed by atoms with Crippen molar-refractivity contribution in [1.29, 1.82) is 0 Å². The fourth-order valence-electron chi connectivity index (χ4n) is 1.73. The minimum Gasteiger partial charge on any atom is -0.450 e. The minimum absolute atomic E-state index is 0.0898. The van der Waals surface area contributed by atoms with Gasteiger partial charge in [-0.15, -0.1) is 0 Å². The Morgan fingerprint density at radius 2 is 2.19 bits per heavy atom. The molecule has 1 atom stereocenters. The molecule has 1 amide bonds. The Bertz CT molecular complexity index is 458. The summed E-state index contributed by atoms with van der Waals surface area (Å²) < 4.78 is 10.5. The van der Waals surface area contributed by atoms with Crippen molar-refractivity contribution in [2.24, 2.45) is 0 Å². The Balaban J connectivity index is 2.60. The molecule has 21 heavy (non-hydrogen) atoms. The summed E-state index contributed by atoms with van der Waals surface area (Å²) in [5.41, 5.74) is -0.304. The summed E-state index contributed by atoms with van der Waals surface area (Å²) in [5.74, 6) is -0.911. The summed E-state index contributed by atoms with van der Waals surface area (Å²) in [5, 5.41) is 15.4. The van der Waals surface area contributed by atoms with E-state index < -0.39 is 17.5 Å². The van der Waals surface area contributed by atoms with E-state index >= 15 is 0 Å². The van der Waals surface area contributed by atoms with Crippen LogP contribution < -0.4 is 5.32 Å². The van der Waals surface area contributed by atoms with Crippen molar-refractivity contribution in [2.45, 2.75) is 32.5 Å². The Hall–Kier alpha value is -1.44. The van der Waals surface area contributed by atoms with Crippen LogP contribution in [-0.2, 0) is 19.1 Å². The molecule has 0 bridgehead atoms. The Morgan fingerprint density at radius 3 is 2.71 bits per heavy atom. The summed E-state index contributed by atoms with van der Waals surface area (Å²) in [4.78, 5) is 23.0. The smallest absolute Gasteiger partial charge is 0.303 e. The van der Waals surface area contributed by atoms with Crippen LogP contribution in [0.15, 0.2) is 16.8 Å². The van der Waals surface area contributed by atoms with Gasteiger partial charge in [0.2, 0.25) is 0 Å². The lowest BCUT2D eigenvalue weighted by molar-refractivity contribution is -0.163. The molecule has 0 aromatic carbocycles. The number of carbonyl (C=O) groups is 2. The molecule has 6 nitrogen and oxygen atoms in total. The first kappa shape index (κ1) is 17.6. The number of aliphatic hydroxyl groups is 1. The van der Waals surface area contributed by atoms with Gasteiger partial charge in [0.25, 0.3) is 5.91 Å². The van der Waals surface area contributed by atoms with Gasteiger partial charge in [-0.3, -0.25) is 9.59 Å². The fourth-order valence-corrected chi connectivity index (χ4v) is 2.43. The normalized spacial score (nSPS) is 12.8. The van der Waals surface area contributed by atoms with Crippen molar-refractivity contribution >= 4 is 23.2 Å². The quantitative estimate of drug-likeness (QED) is 0.705. The lowest BCUT2D eigenvalue weighted by Crippen LogP contribution is -2.46.